The molecule has 0 aromatic carbocycles. The molecule has 0 spiro atoms. The third kappa shape index (κ3) is 0.466. The fourth-order valence-electron chi connectivity index (χ4n) is 3.79. The van der Waals surface area contributed by atoms with E-state index in [9.17, 15) is 0 Å². The van der Waals surface area contributed by atoms with Crippen LogP contribution in [0, 0.1) is 29.6 Å². The largest absolute Gasteiger partial charge is 0.0651 e. The molecule has 0 radical (unpaired) electrons. The molecule has 0 bridgehead atoms. The molecule has 0 heterocycles. The lowest BCUT2D eigenvalue weighted by Gasteiger charge is -2.28. The number of rotatable bonds is 1. The quantitative estimate of drug-likeness (QED) is 0.520. The maximum atomic E-state index is 2.38. The van der Waals surface area contributed by atoms with Gasteiger partial charge in [-0.15, -0.1) is 0 Å². The minimum atomic E-state index is 1.15. The number of fused-ring (bicyclic) bond motifs is 1. The van der Waals surface area contributed by atoms with Crippen molar-refractivity contribution < 1.29 is 0 Å². The average molecular weight is 136 g/mol. The van der Waals surface area contributed by atoms with Crippen LogP contribution in [0.2, 0.25) is 0 Å². The van der Waals surface area contributed by atoms with Crippen molar-refractivity contribution in [2.45, 2.75) is 32.6 Å². The summed E-state index contributed by atoms with van der Waals surface area (Å²) in [4.78, 5) is 0. The van der Waals surface area contributed by atoms with Gasteiger partial charge in [-0.1, -0.05) is 13.3 Å². The fourth-order valence-corrected chi connectivity index (χ4v) is 3.79. The molecule has 5 unspecified atom stereocenters. The van der Waals surface area contributed by atoms with Gasteiger partial charge in [0, 0.05) is 0 Å². The Balaban J connectivity index is 1.80. The molecule has 3 aliphatic rings. The molecule has 0 aromatic heterocycles. The Hall–Kier alpha value is 0. The fraction of sp³-hybridized carbons (Fsp3) is 1.00. The van der Waals surface area contributed by atoms with Gasteiger partial charge >= 0.3 is 0 Å². The van der Waals surface area contributed by atoms with E-state index in [1.54, 1.807) is 19.3 Å². The molecule has 10 heavy (non-hydrogen) atoms. The molecule has 0 heteroatoms. The van der Waals surface area contributed by atoms with Crippen LogP contribution in [0.4, 0.5) is 0 Å². The first-order chi connectivity index (χ1) is 4.92. The van der Waals surface area contributed by atoms with Crippen molar-refractivity contribution in [3.63, 3.8) is 0 Å². The monoisotopic (exact) mass is 136 g/mol. The van der Waals surface area contributed by atoms with Crippen molar-refractivity contribution in [2.24, 2.45) is 29.6 Å². The molecule has 3 aliphatic carbocycles. The van der Waals surface area contributed by atoms with Gasteiger partial charge in [0.1, 0.15) is 0 Å². The van der Waals surface area contributed by atoms with E-state index in [0.717, 1.165) is 5.92 Å². The second-order valence-corrected chi connectivity index (χ2v) is 4.56. The van der Waals surface area contributed by atoms with Crippen molar-refractivity contribution in [3.8, 4) is 0 Å². The minimum absolute atomic E-state index is 1.15. The highest BCUT2D eigenvalue weighted by Gasteiger charge is 2.66. The zero-order valence-electron chi connectivity index (χ0n) is 6.72. The van der Waals surface area contributed by atoms with Crippen molar-refractivity contribution in [3.05, 3.63) is 0 Å². The SMILES string of the molecule is CCC1CCC2CC3C1C23. The molecule has 0 aliphatic heterocycles. The third-order valence-corrected chi connectivity index (χ3v) is 4.39. The number of hydrogen-bond donors (Lipinski definition) is 0. The van der Waals surface area contributed by atoms with E-state index >= 15 is 0 Å². The van der Waals surface area contributed by atoms with E-state index in [2.05, 4.69) is 6.92 Å². The molecular weight excluding hydrogens is 120 g/mol. The average Bonchev–Trinajstić information content (AvgIpc) is 2.55. The topological polar surface area (TPSA) is 0 Å². The first-order valence-electron chi connectivity index (χ1n) is 4.92. The highest BCUT2D eigenvalue weighted by molar-refractivity contribution is 5.14. The van der Waals surface area contributed by atoms with Gasteiger partial charge in [0.05, 0.1) is 0 Å². The molecule has 0 saturated heterocycles. The van der Waals surface area contributed by atoms with Gasteiger partial charge in [-0.05, 0) is 48.9 Å². The summed E-state index contributed by atoms with van der Waals surface area (Å²) in [6.45, 7) is 2.38. The summed E-state index contributed by atoms with van der Waals surface area (Å²) in [6, 6.07) is 0. The van der Waals surface area contributed by atoms with Crippen LogP contribution in [-0.4, -0.2) is 0 Å². The predicted molar refractivity (Wildman–Crippen MR) is 41.6 cm³/mol. The highest BCUT2D eigenvalue weighted by atomic mass is 14.7. The normalized spacial score (nSPS) is 62.7. The Morgan fingerprint density at radius 3 is 2.90 bits per heavy atom. The van der Waals surface area contributed by atoms with Crippen LogP contribution >= 0.6 is 0 Å². The van der Waals surface area contributed by atoms with Crippen LogP contribution < -0.4 is 0 Å². The second-order valence-electron chi connectivity index (χ2n) is 4.56. The Bertz CT molecular complexity index is 161. The molecule has 3 fully saturated rings. The van der Waals surface area contributed by atoms with Crippen molar-refractivity contribution in [1.29, 1.82) is 0 Å². The van der Waals surface area contributed by atoms with Crippen LogP contribution in [0.1, 0.15) is 32.6 Å². The first-order valence-corrected chi connectivity index (χ1v) is 4.92. The number of hydrogen-bond acceptors (Lipinski definition) is 0. The van der Waals surface area contributed by atoms with Crippen molar-refractivity contribution in [1.82, 2.24) is 0 Å². The molecular formula is C10H16. The Kier molecular flexibility index (Phi) is 0.898. The zero-order chi connectivity index (χ0) is 6.72. The molecule has 3 saturated carbocycles. The Labute approximate surface area is 63.0 Å². The summed E-state index contributed by atoms with van der Waals surface area (Å²) in [7, 11) is 0. The lowest BCUT2D eigenvalue weighted by Crippen LogP contribution is -2.19. The van der Waals surface area contributed by atoms with Crippen LogP contribution in [0.15, 0.2) is 0 Å². The molecule has 5 atom stereocenters. The van der Waals surface area contributed by atoms with Gasteiger partial charge in [0.2, 0.25) is 0 Å². The summed E-state index contributed by atoms with van der Waals surface area (Å²) in [5.74, 6) is 6.06. The minimum Gasteiger partial charge on any atom is -0.0651 e. The summed E-state index contributed by atoms with van der Waals surface area (Å²) in [5.41, 5.74) is 0. The molecule has 0 amide bonds. The summed E-state index contributed by atoms with van der Waals surface area (Å²) in [5, 5.41) is 0. The molecule has 56 valence electrons. The van der Waals surface area contributed by atoms with E-state index in [0.29, 0.717) is 0 Å². The molecule has 0 aromatic rings. The zero-order valence-corrected chi connectivity index (χ0v) is 6.72. The van der Waals surface area contributed by atoms with E-state index < -0.39 is 0 Å². The maximum Gasteiger partial charge on any atom is -0.0321 e. The molecule has 0 nitrogen and oxygen atoms in total. The predicted octanol–water partition coefficient (Wildman–Crippen LogP) is 2.69. The van der Waals surface area contributed by atoms with Crippen LogP contribution in [0.25, 0.3) is 0 Å². The van der Waals surface area contributed by atoms with E-state index in [4.69, 9.17) is 0 Å². The molecule has 0 N–H and O–H groups in total. The Morgan fingerprint density at radius 1 is 1.20 bits per heavy atom. The van der Waals surface area contributed by atoms with Crippen LogP contribution in [0.5, 0.6) is 0 Å². The smallest absolute Gasteiger partial charge is 0.0321 e. The van der Waals surface area contributed by atoms with Gasteiger partial charge in [0.25, 0.3) is 0 Å². The van der Waals surface area contributed by atoms with Gasteiger partial charge in [-0.25, -0.2) is 0 Å². The van der Waals surface area contributed by atoms with Crippen molar-refractivity contribution >= 4 is 0 Å². The van der Waals surface area contributed by atoms with Gasteiger partial charge in [0.15, 0.2) is 0 Å². The lowest BCUT2D eigenvalue weighted by molar-refractivity contribution is 0.221. The van der Waals surface area contributed by atoms with E-state index in [1.807, 2.05) is 0 Å². The van der Waals surface area contributed by atoms with Crippen LogP contribution in [-0.2, 0) is 0 Å². The Morgan fingerprint density at radius 2 is 2.10 bits per heavy atom. The first kappa shape index (κ1) is 5.62. The van der Waals surface area contributed by atoms with Gasteiger partial charge in [-0.3, -0.25) is 0 Å². The third-order valence-electron chi connectivity index (χ3n) is 4.39. The van der Waals surface area contributed by atoms with Crippen LogP contribution in [0.3, 0.4) is 0 Å². The summed E-state index contributed by atoms with van der Waals surface area (Å²) >= 11 is 0. The maximum absolute atomic E-state index is 2.38. The molecule has 3 rings (SSSR count). The second kappa shape index (κ2) is 1.60. The van der Waals surface area contributed by atoms with E-state index in [1.165, 1.54) is 30.1 Å². The standard InChI is InChI=1S/C10H16/c1-2-6-3-4-7-5-8-9(6)10(7)8/h6-10H,2-5H2,1H3. The summed E-state index contributed by atoms with van der Waals surface area (Å²) in [6.07, 6.45) is 6.23. The van der Waals surface area contributed by atoms with E-state index in [-0.39, 0.29) is 0 Å². The highest BCUT2D eigenvalue weighted by Crippen LogP contribution is 2.72. The van der Waals surface area contributed by atoms with Gasteiger partial charge in [-0.2, -0.15) is 0 Å². The lowest BCUT2D eigenvalue weighted by atomic mass is 9.77. The van der Waals surface area contributed by atoms with Gasteiger partial charge < -0.3 is 0 Å². The van der Waals surface area contributed by atoms with Crippen molar-refractivity contribution in [2.75, 3.05) is 0 Å². The summed E-state index contributed by atoms with van der Waals surface area (Å²) < 4.78 is 0.